The molecule has 0 radical (unpaired) electrons. The molecule has 0 fully saturated rings. The van der Waals surface area contributed by atoms with E-state index in [0.29, 0.717) is 6.42 Å². The average molecular weight is 189 g/mol. The van der Waals surface area contributed by atoms with E-state index in [1.807, 2.05) is 12.1 Å². The van der Waals surface area contributed by atoms with Gasteiger partial charge in [0, 0.05) is 12.4 Å². The monoisotopic (exact) mass is 189 g/mol. The maximum absolute atomic E-state index is 10.4. The number of rotatable bonds is 3. The third kappa shape index (κ3) is 4.83. The van der Waals surface area contributed by atoms with Gasteiger partial charge in [-0.15, -0.1) is 12.2 Å². The third-order valence-electron chi connectivity index (χ3n) is 1.37. The Morgan fingerprint density at radius 1 is 1.42 bits per heavy atom. The molecule has 0 aliphatic carbocycles. The summed E-state index contributed by atoms with van der Waals surface area (Å²) in [5.41, 5.74) is 1.11. The van der Waals surface area contributed by atoms with Crippen molar-refractivity contribution in [2.45, 2.75) is 12.8 Å². The molecule has 12 heavy (non-hydrogen) atoms. The van der Waals surface area contributed by atoms with Gasteiger partial charge in [0.25, 0.3) is 0 Å². The zero-order valence-electron chi connectivity index (χ0n) is 6.99. The van der Waals surface area contributed by atoms with Gasteiger partial charge in [0.1, 0.15) is 0 Å². The van der Waals surface area contributed by atoms with Crippen molar-refractivity contribution in [1.29, 1.82) is 0 Å². The average Bonchev–Trinajstić information content (AvgIpc) is 2.03. The van der Waals surface area contributed by atoms with Gasteiger partial charge in [0.2, 0.25) is 0 Å². The summed E-state index contributed by atoms with van der Waals surface area (Å²) in [6.07, 6.45) is 4.59. The normalized spacial score (nSPS) is 8.67. The zero-order chi connectivity index (χ0) is 8.10. The van der Waals surface area contributed by atoms with Crippen molar-refractivity contribution in [3.8, 4) is 0 Å². The van der Waals surface area contributed by atoms with Crippen molar-refractivity contribution < 1.29 is 34.7 Å². The van der Waals surface area contributed by atoms with E-state index >= 15 is 0 Å². The molecule has 2 nitrogen and oxygen atoms in total. The van der Waals surface area contributed by atoms with Gasteiger partial charge in [-0.3, -0.25) is 4.98 Å². The topological polar surface area (TPSA) is 36.0 Å². The van der Waals surface area contributed by atoms with Crippen molar-refractivity contribution in [1.82, 2.24) is 4.98 Å². The second-order valence-electron chi connectivity index (χ2n) is 2.23. The molecule has 1 aromatic rings. The molecule has 1 aromatic heterocycles. The molecular formula is C8H8NNaOS. The molecule has 0 unspecified atom stereocenters. The van der Waals surface area contributed by atoms with Crippen molar-refractivity contribution in [2.24, 2.45) is 0 Å². The molecule has 0 amide bonds. The van der Waals surface area contributed by atoms with E-state index in [0.717, 1.165) is 12.0 Å². The van der Waals surface area contributed by atoms with Crippen molar-refractivity contribution in [3.05, 3.63) is 30.1 Å². The SMILES string of the molecule is [Na+].[O-]C(=S)CCc1ccncc1. The molecular weight excluding hydrogens is 181 g/mol. The molecule has 4 heteroatoms. The minimum absolute atomic E-state index is 0. The van der Waals surface area contributed by atoms with Crippen LogP contribution in [0.15, 0.2) is 24.5 Å². The Bertz CT molecular complexity index is 240. The second kappa shape index (κ2) is 6.54. The molecule has 0 aromatic carbocycles. The van der Waals surface area contributed by atoms with Crippen molar-refractivity contribution in [3.63, 3.8) is 0 Å². The first-order valence-electron chi connectivity index (χ1n) is 3.38. The van der Waals surface area contributed by atoms with E-state index in [1.165, 1.54) is 0 Å². The van der Waals surface area contributed by atoms with Gasteiger partial charge in [-0.05, 0) is 30.5 Å². The second-order valence-corrected chi connectivity index (χ2v) is 2.68. The smallest absolute Gasteiger partial charge is 0.867 e. The van der Waals surface area contributed by atoms with E-state index in [9.17, 15) is 5.11 Å². The van der Waals surface area contributed by atoms with Gasteiger partial charge in [-0.2, -0.15) is 0 Å². The van der Waals surface area contributed by atoms with Crippen LogP contribution in [0.25, 0.3) is 0 Å². The van der Waals surface area contributed by atoms with Gasteiger partial charge in [-0.25, -0.2) is 0 Å². The maximum atomic E-state index is 10.4. The van der Waals surface area contributed by atoms with E-state index in [2.05, 4.69) is 17.2 Å². The number of hydrogen-bond donors (Lipinski definition) is 0. The van der Waals surface area contributed by atoms with Gasteiger partial charge in [0.15, 0.2) is 0 Å². The van der Waals surface area contributed by atoms with Gasteiger partial charge in [0.05, 0.1) is 0 Å². The third-order valence-corrected chi connectivity index (χ3v) is 1.57. The number of aromatic nitrogens is 1. The summed E-state index contributed by atoms with van der Waals surface area (Å²) in [7, 11) is 0. The molecule has 0 bridgehead atoms. The Morgan fingerprint density at radius 2 is 2.00 bits per heavy atom. The molecule has 0 N–H and O–H groups in total. The number of pyridine rings is 1. The summed E-state index contributed by atoms with van der Waals surface area (Å²) in [5.74, 6) is 0. The Balaban J connectivity index is 0.00000121. The van der Waals surface area contributed by atoms with Gasteiger partial charge >= 0.3 is 29.6 Å². The van der Waals surface area contributed by atoms with Gasteiger partial charge in [-0.1, -0.05) is 5.05 Å². The van der Waals surface area contributed by atoms with E-state index in [4.69, 9.17) is 0 Å². The van der Waals surface area contributed by atoms with E-state index in [-0.39, 0.29) is 34.6 Å². The molecule has 1 rings (SSSR count). The number of thiocarbonyl (C=S) groups is 1. The Labute approximate surface area is 99.3 Å². The van der Waals surface area contributed by atoms with Crippen LogP contribution >= 0.6 is 12.2 Å². The van der Waals surface area contributed by atoms with Crippen LogP contribution in [0.5, 0.6) is 0 Å². The fraction of sp³-hybridized carbons (Fsp3) is 0.250. The standard InChI is InChI=1S/C8H9NOS.Na/c10-8(11)2-1-7-3-5-9-6-4-7;/h3-6H,1-2H2,(H,10,11);/q;+1/p-1. The molecule has 0 aliphatic rings. The predicted molar refractivity (Wildman–Crippen MR) is 45.2 cm³/mol. The van der Waals surface area contributed by atoms with Crippen molar-refractivity contribution >= 4 is 17.3 Å². The number of aryl methyl sites for hydroxylation is 1. The van der Waals surface area contributed by atoms with Crippen LogP contribution in [0, 0.1) is 0 Å². The summed E-state index contributed by atoms with van der Waals surface area (Å²) in [5, 5.41) is 10.2. The van der Waals surface area contributed by atoms with Crippen molar-refractivity contribution in [2.75, 3.05) is 0 Å². The Hall–Kier alpha value is 0.0400. The summed E-state index contributed by atoms with van der Waals surface area (Å²) < 4.78 is 0. The maximum Gasteiger partial charge on any atom is 1.00 e. The number of nitrogens with zero attached hydrogens (tertiary/aromatic N) is 1. The molecule has 1 heterocycles. The first-order chi connectivity index (χ1) is 5.29. The van der Waals surface area contributed by atoms with Gasteiger partial charge < -0.3 is 5.11 Å². The Kier molecular flexibility index (Phi) is 6.57. The van der Waals surface area contributed by atoms with Crippen LogP contribution in [0.2, 0.25) is 0 Å². The summed E-state index contributed by atoms with van der Waals surface area (Å²) in [6.45, 7) is 0. The summed E-state index contributed by atoms with van der Waals surface area (Å²) >= 11 is 4.42. The molecule has 0 atom stereocenters. The van der Waals surface area contributed by atoms with Crippen LogP contribution in [0.1, 0.15) is 12.0 Å². The first kappa shape index (κ1) is 12.0. The van der Waals surface area contributed by atoms with E-state index in [1.54, 1.807) is 12.4 Å². The van der Waals surface area contributed by atoms with Crippen LogP contribution < -0.4 is 34.7 Å². The largest absolute Gasteiger partial charge is 1.00 e. The fourth-order valence-electron chi connectivity index (χ4n) is 0.796. The fourth-order valence-corrected chi connectivity index (χ4v) is 0.898. The number of hydrogen-bond acceptors (Lipinski definition) is 3. The molecule has 0 saturated heterocycles. The molecule has 58 valence electrons. The van der Waals surface area contributed by atoms with E-state index < -0.39 is 0 Å². The van der Waals surface area contributed by atoms with Crippen LogP contribution in [-0.4, -0.2) is 10.0 Å². The molecule has 0 spiro atoms. The zero-order valence-corrected chi connectivity index (χ0v) is 9.80. The van der Waals surface area contributed by atoms with Crippen LogP contribution in [-0.2, 0) is 6.42 Å². The van der Waals surface area contributed by atoms with Crippen LogP contribution in [0.3, 0.4) is 0 Å². The molecule has 0 aliphatic heterocycles. The predicted octanol–water partition coefficient (Wildman–Crippen LogP) is -2.29. The van der Waals surface area contributed by atoms with Crippen LogP contribution in [0.4, 0.5) is 0 Å². The summed E-state index contributed by atoms with van der Waals surface area (Å²) in [4.78, 5) is 3.86. The minimum atomic E-state index is -0.179. The first-order valence-corrected chi connectivity index (χ1v) is 3.78. The Morgan fingerprint density at radius 3 is 2.50 bits per heavy atom. The summed E-state index contributed by atoms with van der Waals surface area (Å²) in [6, 6.07) is 3.77. The minimum Gasteiger partial charge on any atom is -0.867 e. The molecule has 0 saturated carbocycles. The quantitative estimate of drug-likeness (QED) is 0.396.